The van der Waals surface area contributed by atoms with E-state index >= 15 is 0 Å². The third kappa shape index (κ3) is 20.8. The van der Waals surface area contributed by atoms with Crippen LogP contribution in [0.1, 0.15) is 133 Å². The van der Waals surface area contributed by atoms with Crippen LogP contribution in [0, 0.1) is 0 Å². The highest BCUT2D eigenvalue weighted by Crippen LogP contribution is 2.40. The van der Waals surface area contributed by atoms with Crippen molar-refractivity contribution in [2.45, 2.75) is 96.7 Å². The van der Waals surface area contributed by atoms with Crippen molar-refractivity contribution < 1.29 is 30.3 Å². The zero-order chi connectivity index (χ0) is 68.3. The molecule has 0 amide bonds. The van der Waals surface area contributed by atoms with E-state index in [9.17, 15) is 25.5 Å². The summed E-state index contributed by atoms with van der Waals surface area (Å²) in [7, 11) is -1.58. The van der Waals surface area contributed by atoms with Gasteiger partial charge in [-0.05, 0) is 234 Å². The van der Waals surface area contributed by atoms with E-state index < -0.39 is 8.07 Å². The van der Waals surface area contributed by atoms with Gasteiger partial charge in [0.1, 0.15) is 11.5 Å². The Bertz CT molecular complexity index is 3920. The third-order valence-corrected chi connectivity index (χ3v) is 22.8. The van der Waals surface area contributed by atoms with Crippen LogP contribution in [0.5, 0.6) is 11.5 Å². The summed E-state index contributed by atoms with van der Waals surface area (Å²) >= 11 is 3.58. The van der Waals surface area contributed by atoms with Crippen molar-refractivity contribution in [2.75, 3.05) is 83.4 Å². The summed E-state index contributed by atoms with van der Waals surface area (Å²) < 4.78 is 6.56. The first-order chi connectivity index (χ1) is 48.0. The van der Waals surface area contributed by atoms with Gasteiger partial charge >= 0.3 is 0 Å². The number of rotatable bonds is 24. The highest BCUT2D eigenvalue weighted by atomic mass is 79.9. The number of phenolic OH excluding ortho intramolecular Hbond substituents is 2. The molecule has 510 valence electrons. The quantitative estimate of drug-likeness (QED) is 0.0298. The summed E-state index contributed by atoms with van der Waals surface area (Å²) in [5.41, 5.74) is 20.2. The fourth-order valence-corrected chi connectivity index (χ4v) is 17.0. The minimum atomic E-state index is -1.58. The van der Waals surface area contributed by atoms with Crippen molar-refractivity contribution in [3.8, 4) is 11.5 Å². The number of hydrogen-bond acceptors (Lipinski definition) is 9. The molecule has 0 atom stereocenters. The minimum Gasteiger partial charge on any atom is -0.508 e. The lowest BCUT2D eigenvalue weighted by atomic mass is 9.87. The molecule has 5 N–H and O–H groups in total. The van der Waals surface area contributed by atoms with Gasteiger partial charge in [0.05, 0.1) is 21.3 Å². The van der Waals surface area contributed by atoms with E-state index in [2.05, 4.69) is 208 Å². The van der Waals surface area contributed by atoms with Crippen molar-refractivity contribution in [3.63, 3.8) is 0 Å². The molecule has 0 spiro atoms. The van der Waals surface area contributed by atoms with Gasteiger partial charge in [-0.3, -0.25) is 4.90 Å². The number of aliphatic hydroxyl groups excluding tert-OH is 3. The number of morpholine rings is 1. The van der Waals surface area contributed by atoms with Crippen LogP contribution in [0.15, 0.2) is 241 Å². The van der Waals surface area contributed by atoms with Gasteiger partial charge in [0.2, 0.25) is 0 Å². The number of likely N-dealkylation sites (tertiary alicyclic amines) is 2. The number of aromatic hydroxyl groups is 2. The zero-order valence-corrected chi connectivity index (χ0v) is 60.1. The van der Waals surface area contributed by atoms with Gasteiger partial charge in [0, 0.05) is 49.6 Å². The largest absolute Gasteiger partial charge is 0.508 e. The van der Waals surface area contributed by atoms with Crippen molar-refractivity contribution in [1.82, 2.24) is 9.80 Å². The van der Waals surface area contributed by atoms with Crippen LogP contribution in [-0.4, -0.2) is 122 Å². The van der Waals surface area contributed by atoms with E-state index in [1.54, 1.807) is 24.3 Å². The average molecular weight is 1390 g/mol. The monoisotopic (exact) mass is 1390 g/mol. The Morgan fingerprint density at radius 3 is 1.09 bits per heavy atom. The second-order valence-electron chi connectivity index (χ2n) is 26.7. The number of allylic oxidation sites excluding steroid dienone is 3. The van der Waals surface area contributed by atoms with Gasteiger partial charge in [-0.2, -0.15) is 0 Å². The molecule has 11 heteroatoms. The summed E-state index contributed by atoms with van der Waals surface area (Å²) in [4.78, 5) is 7.59. The van der Waals surface area contributed by atoms with Gasteiger partial charge in [-0.25, -0.2) is 0 Å². The van der Waals surface area contributed by atoms with Gasteiger partial charge in [-0.15, -0.1) is 0 Å². The summed E-state index contributed by atoms with van der Waals surface area (Å²) in [6.07, 6.45) is 13.8. The molecule has 0 aromatic heterocycles. The Kier molecular flexibility index (Phi) is 28.1. The van der Waals surface area contributed by atoms with Crippen molar-refractivity contribution >= 4 is 68.3 Å². The van der Waals surface area contributed by atoms with Crippen LogP contribution in [0.2, 0.25) is 13.1 Å². The molecule has 0 unspecified atom stereocenters. The van der Waals surface area contributed by atoms with Gasteiger partial charge in [-0.1, -0.05) is 235 Å². The van der Waals surface area contributed by atoms with E-state index in [0.29, 0.717) is 12.8 Å². The van der Waals surface area contributed by atoms with Gasteiger partial charge < -0.3 is 40.1 Å². The molecule has 3 fully saturated rings. The first-order valence-electron chi connectivity index (χ1n) is 35.6. The average Bonchev–Trinajstić information content (AvgIpc) is 0.811. The number of ether oxygens (including phenoxy) is 1. The second kappa shape index (κ2) is 37.9. The normalized spacial score (nSPS) is 15.3. The number of benzene rings is 9. The smallest absolute Gasteiger partial charge is 0.115 e. The number of piperidine rings is 2. The molecule has 3 heterocycles. The Labute approximate surface area is 592 Å². The number of hydrogen-bond donors (Lipinski definition) is 5. The fourth-order valence-electron chi connectivity index (χ4n) is 14.0. The number of anilines is 1. The summed E-state index contributed by atoms with van der Waals surface area (Å²) in [5, 5.41) is 50.0. The van der Waals surface area contributed by atoms with Crippen LogP contribution >= 0.6 is 15.9 Å². The standard InChI is InChI=1S/C31H39NO2Si.C29H32BrNO.C27H29NO3/c1-35(2,24-32-21-7-4-8-22-32)29-19-15-27(16-20-29)31(26-13-17-28(34)18-14-26)30(12-9-23-33)25-10-5-3-6-11-25;30-27-17-15-26(16-18-27)29(28(10-7-21-32)24-8-3-1-4-9-24)25-13-11-23(12-14-25)22-31-19-5-2-6-20-31;29-18-4-7-26(21-5-2-1-3-6-21)27(23-10-14-25(30)15-11-23)22-8-12-24(13-9-22)28-16-19-31-20-17-28/h3,5-6,10-11,13-20,33-34H,4,7-9,12,21-24H2,1-2H3;1,3-4,8-9,11-18,32H,2,5-7,10,19-22H2;1-3,5-6,8-15,29-30H,4,7,16-20H2/b31-30-;29-28+;27-26+. The lowest BCUT2D eigenvalue weighted by Gasteiger charge is -2.34. The van der Waals surface area contributed by atoms with E-state index in [1.165, 1.54) is 143 Å². The summed E-state index contributed by atoms with van der Waals surface area (Å²) in [5.74, 6) is 0.521. The predicted octanol–water partition coefficient (Wildman–Crippen LogP) is 18.2. The lowest BCUT2D eigenvalue weighted by Crippen LogP contribution is -2.52. The zero-order valence-electron chi connectivity index (χ0n) is 57.6. The summed E-state index contributed by atoms with van der Waals surface area (Å²) in [6.45, 7) is 14.8. The topological polar surface area (TPSA) is 120 Å². The number of halogens is 1. The molecule has 9 nitrogen and oxygen atoms in total. The van der Waals surface area contributed by atoms with Gasteiger partial charge in [0.25, 0.3) is 0 Å². The molecule has 3 saturated heterocycles. The molecule has 98 heavy (non-hydrogen) atoms. The van der Waals surface area contributed by atoms with E-state index in [-0.39, 0.29) is 31.3 Å². The molecule has 0 radical (unpaired) electrons. The molecular formula is C87H100BrN3O6Si. The van der Waals surface area contributed by atoms with E-state index in [1.807, 2.05) is 48.5 Å². The lowest BCUT2D eigenvalue weighted by molar-refractivity contribution is 0.122. The van der Waals surface area contributed by atoms with Crippen molar-refractivity contribution in [2.24, 2.45) is 0 Å². The first kappa shape index (κ1) is 72.8. The van der Waals surface area contributed by atoms with Crippen LogP contribution in [0.4, 0.5) is 5.69 Å². The van der Waals surface area contributed by atoms with Crippen LogP contribution < -0.4 is 10.1 Å². The number of aliphatic hydroxyl groups is 3. The van der Waals surface area contributed by atoms with Crippen LogP contribution in [-0.2, 0) is 11.3 Å². The Morgan fingerprint density at radius 2 is 0.714 bits per heavy atom. The molecule has 3 aliphatic rings. The van der Waals surface area contributed by atoms with E-state index in [0.717, 1.165) is 90.8 Å². The maximum absolute atomic E-state index is 9.92. The highest BCUT2D eigenvalue weighted by Gasteiger charge is 2.28. The van der Waals surface area contributed by atoms with Crippen LogP contribution in [0.25, 0.3) is 33.4 Å². The maximum Gasteiger partial charge on any atom is 0.115 e. The minimum absolute atomic E-state index is 0.148. The molecule has 9 aromatic carbocycles. The Morgan fingerprint density at radius 1 is 0.378 bits per heavy atom. The SMILES string of the molecule is C[Si](C)(CN1CCCCC1)c1ccc(/C(=C(/CCCO)c2ccccc2)c2ccc(O)cc2)cc1.OCCC/C(=C(\c1ccc(Br)cc1)c1ccc(CN2CCCCC2)cc1)c1ccccc1.OCCC/C(=C(\c1ccc(O)cc1)c1ccc(N2CCOCC2)cc1)c1ccccc1. The molecule has 9 aromatic rings. The fraction of sp³-hybridized carbons (Fsp3) is 0.310. The first-order valence-corrected chi connectivity index (χ1v) is 39.6. The van der Waals surface area contributed by atoms with Crippen LogP contribution in [0.3, 0.4) is 0 Å². The number of phenols is 2. The maximum atomic E-state index is 9.92. The molecule has 0 aliphatic carbocycles. The Hall–Kier alpha value is -7.94. The molecule has 12 rings (SSSR count). The van der Waals surface area contributed by atoms with Gasteiger partial charge in [0.15, 0.2) is 0 Å². The predicted molar refractivity (Wildman–Crippen MR) is 415 cm³/mol. The summed E-state index contributed by atoms with van der Waals surface area (Å²) in [6, 6.07) is 82.0. The third-order valence-electron chi connectivity index (χ3n) is 19.1. The van der Waals surface area contributed by atoms with E-state index in [4.69, 9.17) is 4.74 Å². The highest BCUT2D eigenvalue weighted by molar-refractivity contribution is 9.10. The number of nitrogens with zero attached hydrogens (tertiary/aromatic N) is 3. The Balaban J connectivity index is 0.000000160. The second-order valence-corrected chi connectivity index (χ2v) is 32.3. The molecule has 0 saturated carbocycles. The molecule has 0 bridgehead atoms. The molecular weight excluding hydrogens is 1290 g/mol. The van der Waals surface area contributed by atoms with Crippen molar-refractivity contribution in [3.05, 3.63) is 297 Å². The van der Waals surface area contributed by atoms with Crippen molar-refractivity contribution in [1.29, 1.82) is 0 Å². The molecule has 3 aliphatic heterocycles.